The molecule has 5 amide bonds. The van der Waals surface area contributed by atoms with Crippen molar-refractivity contribution < 1.29 is 23.6 Å². The molecular weight excluding hydrogens is 427 g/mol. The van der Waals surface area contributed by atoms with Crippen molar-refractivity contribution in [3.8, 4) is 0 Å². The van der Waals surface area contributed by atoms with Gasteiger partial charge in [-0.15, -0.1) is 0 Å². The lowest BCUT2D eigenvalue weighted by atomic mass is 9.87. The Hall–Kier alpha value is -3.75. The minimum Gasteiger partial charge on any atom is -0.339 e. The Morgan fingerprint density at radius 3 is 2.33 bits per heavy atom. The van der Waals surface area contributed by atoms with Gasteiger partial charge in [0.1, 0.15) is 17.9 Å². The summed E-state index contributed by atoms with van der Waals surface area (Å²) in [5.41, 5.74) is -0.116. The van der Waals surface area contributed by atoms with Gasteiger partial charge in [-0.1, -0.05) is 25.1 Å². The molecule has 1 heterocycles. The summed E-state index contributed by atoms with van der Waals surface area (Å²) in [5, 5.41) is 5.30. The number of urea groups is 1. The molecule has 0 spiro atoms. The summed E-state index contributed by atoms with van der Waals surface area (Å²) in [5.74, 6) is -1.78. The molecule has 0 saturated carbocycles. The monoisotopic (exact) mass is 454 g/mol. The van der Waals surface area contributed by atoms with Crippen molar-refractivity contribution >= 4 is 29.4 Å². The largest absolute Gasteiger partial charge is 0.339 e. The molecule has 1 unspecified atom stereocenters. The fraction of sp³-hybridized carbons (Fsp3) is 0.333. The smallest absolute Gasteiger partial charge is 0.325 e. The van der Waals surface area contributed by atoms with Crippen molar-refractivity contribution in [1.29, 1.82) is 0 Å². The SMILES string of the molecule is CCN(CC)C(=O)c1cccc(NC(=O)CN2C(=O)NC(CC)(c3ccc(F)cc3)C2=O)c1. The molecule has 2 N–H and O–H groups in total. The number of nitrogens with one attached hydrogen (secondary N) is 2. The second kappa shape index (κ2) is 9.81. The zero-order valence-electron chi connectivity index (χ0n) is 18.9. The first kappa shape index (κ1) is 23.9. The molecule has 9 heteroatoms. The van der Waals surface area contributed by atoms with Crippen LogP contribution in [-0.2, 0) is 15.1 Å². The number of anilines is 1. The number of carbonyl (C=O) groups is 4. The van der Waals surface area contributed by atoms with Crippen LogP contribution in [0.2, 0.25) is 0 Å². The summed E-state index contributed by atoms with van der Waals surface area (Å²) in [6.07, 6.45) is 0.233. The van der Waals surface area contributed by atoms with Crippen LogP contribution in [0, 0.1) is 5.82 Å². The lowest BCUT2D eigenvalue weighted by molar-refractivity contribution is -0.134. The Balaban J connectivity index is 1.74. The molecule has 0 bridgehead atoms. The number of rotatable bonds is 8. The van der Waals surface area contributed by atoms with Gasteiger partial charge in [0.15, 0.2) is 0 Å². The molecule has 1 atom stereocenters. The van der Waals surface area contributed by atoms with Gasteiger partial charge < -0.3 is 15.5 Å². The maximum Gasteiger partial charge on any atom is 0.325 e. The number of hydrogen-bond acceptors (Lipinski definition) is 4. The lowest BCUT2D eigenvalue weighted by Gasteiger charge is -2.25. The van der Waals surface area contributed by atoms with Gasteiger partial charge in [-0.25, -0.2) is 9.18 Å². The molecule has 2 aromatic rings. The summed E-state index contributed by atoms with van der Waals surface area (Å²) >= 11 is 0. The molecule has 33 heavy (non-hydrogen) atoms. The van der Waals surface area contributed by atoms with E-state index in [2.05, 4.69) is 10.6 Å². The molecule has 3 rings (SSSR count). The number of halogens is 1. The van der Waals surface area contributed by atoms with Crippen molar-refractivity contribution in [3.63, 3.8) is 0 Å². The molecule has 2 aromatic carbocycles. The average molecular weight is 455 g/mol. The number of amides is 5. The maximum atomic E-state index is 13.3. The average Bonchev–Trinajstić information content (AvgIpc) is 3.05. The minimum absolute atomic E-state index is 0.155. The van der Waals surface area contributed by atoms with Crippen LogP contribution < -0.4 is 10.6 Å². The van der Waals surface area contributed by atoms with Crippen LogP contribution >= 0.6 is 0 Å². The highest BCUT2D eigenvalue weighted by molar-refractivity contribution is 6.10. The topological polar surface area (TPSA) is 98.8 Å². The molecule has 1 aliphatic rings. The standard InChI is InChI=1S/C24H27FN4O4/c1-4-24(17-10-12-18(25)13-11-17)22(32)29(23(33)27-24)15-20(30)26-19-9-7-8-16(14-19)21(31)28(5-2)6-3/h7-14H,4-6,15H2,1-3H3,(H,26,30)(H,27,33). The highest BCUT2D eigenvalue weighted by atomic mass is 19.1. The van der Waals surface area contributed by atoms with Gasteiger partial charge in [0, 0.05) is 24.3 Å². The van der Waals surface area contributed by atoms with Gasteiger partial charge in [0.2, 0.25) is 5.91 Å². The zero-order chi connectivity index (χ0) is 24.2. The highest BCUT2D eigenvalue weighted by Gasteiger charge is 2.51. The van der Waals surface area contributed by atoms with Gasteiger partial charge in [-0.05, 0) is 56.2 Å². The van der Waals surface area contributed by atoms with E-state index in [0.29, 0.717) is 29.9 Å². The number of benzene rings is 2. The second-order valence-electron chi connectivity index (χ2n) is 7.69. The predicted molar refractivity (Wildman–Crippen MR) is 121 cm³/mol. The zero-order valence-corrected chi connectivity index (χ0v) is 18.9. The van der Waals surface area contributed by atoms with Crippen molar-refractivity contribution in [2.75, 3.05) is 25.0 Å². The second-order valence-corrected chi connectivity index (χ2v) is 7.69. The van der Waals surface area contributed by atoms with E-state index in [-0.39, 0.29) is 12.3 Å². The highest BCUT2D eigenvalue weighted by Crippen LogP contribution is 2.32. The van der Waals surface area contributed by atoms with E-state index in [0.717, 1.165) is 4.90 Å². The fourth-order valence-corrected chi connectivity index (χ4v) is 3.91. The van der Waals surface area contributed by atoms with E-state index in [9.17, 15) is 23.6 Å². The van der Waals surface area contributed by atoms with Crippen LogP contribution in [0.1, 0.15) is 43.1 Å². The van der Waals surface area contributed by atoms with Crippen molar-refractivity contribution in [2.24, 2.45) is 0 Å². The number of hydrogen-bond donors (Lipinski definition) is 2. The van der Waals surface area contributed by atoms with E-state index in [1.807, 2.05) is 13.8 Å². The number of imide groups is 1. The van der Waals surface area contributed by atoms with Crippen molar-refractivity contribution in [1.82, 2.24) is 15.1 Å². The first-order valence-electron chi connectivity index (χ1n) is 10.8. The molecule has 0 radical (unpaired) electrons. The summed E-state index contributed by atoms with van der Waals surface area (Å²) in [6.45, 7) is 6.11. The molecule has 0 aliphatic carbocycles. The lowest BCUT2D eigenvalue weighted by Crippen LogP contribution is -2.44. The summed E-state index contributed by atoms with van der Waals surface area (Å²) < 4.78 is 13.3. The van der Waals surface area contributed by atoms with Crippen LogP contribution in [0.25, 0.3) is 0 Å². The first-order chi connectivity index (χ1) is 15.7. The van der Waals surface area contributed by atoms with Gasteiger partial charge in [0.25, 0.3) is 11.8 Å². The van der Waals surface area contributed by atoms with Gasteiger partial charge >= 0.3 is 6.03 Å². The van der Waals surface area contributed by atoms with E-state index in [4.69, 9.17) is 0 Å². The Bertz CT molecular complexity index is 1070. The third-order valence-electron chi connectivity index (χ3n) is 5.79. The molecule has 1 saturated heterocycles. The molecule has 1 fully saturated rings. The summed E-state index contributed by atoms with van der Waals surface area (Å²) in [7, 11) is 0. The third-order valence-corrected chi connectivity index (χ3v) is 5.79. The molecule has 1 aliphatic heterocycles. The fourth-order valence-electron chi connectivity index (χ4n) is 3.91. The van der Waals surface area contributed by atoms with Crippen LogP contribution in [0.3, 0.4) is 0 Å². The van der Waals surface area contributed by atoms with E-state index < -0.39 is 35.7 Å². The van der Waals surface area contributed by atoms with Crippen molar-refractivity contribution in [3.05, 3.63) is 65.5 Å². The van der Waals surface area contributed by atoms with Gasteiger partial charge in [0.05, 0.1) is 0 Å². The van der Waals surface area contributed by atoms with Gasteiger partial charge in [-0.2, -0.15) is 0 Å². The molecule has 174 valence electrons. The normalized spacial score (nSPS) is 17.6. The van der Waals surface area contributed by atoms with Gasteiger partial charge in [-0.3, -0.25) is 19.3 Å². The van der Waals surface area contributed by atoms with Crippen LogP contribution in [0.5, 0.6) is 0 Å². The third kappa shape index (κ3) is 4.72. The molecule has 8 nitrogen and oxygen atoms in total. The van der Waals surface area contributed by atoms with E-state index in [1.165, 1.54) is 24.3 Å². The molecular formula is C24H27FN4O4. The van der Waals surface area contributed by atoms with Crippen molar-refractivity contribution in [2.45, 2.75) is 32.7 Å². The minimum atomic E-state index is -1.36. The number of carbonyl (C=O) groups excluding carboxylic acids is 4. The Morgan fingerprint density at radius 1 is 1.06 bits per heavy atom. The summed E-state index contributed by atoms with van der Waals surface area (Å²) in [4.78, 5) is 53.4. The Morgan fingerprint density at radius 2 is 1.73 bits per heavy atom. The van der Waals surface area contributed by atoms with Crippen LogP contribution in [-0.4, -0.2) is 53.2 Å². The van der Waals surface area contributed by atoms with E-state index >= 15 is 0 Å². The van der Waals surface area contributed by atoms with Crippen LogP contribution in [0.4, 0.5) is 14.9 Å². The van der Waals surface area contributed by atoms with E-state index in [1.54, 1.807) is 36.1 Å². The summed E-state index contributed by atoms with van der Waals surface area (Å²) in [6, 6.07) is 11.1. The predicted octanol–water partition coefficient (Wildman–Crippen LogP) is 3.10. The Kier molecular flexibility index (Phi) is 7.10. The molecule has 0 aromatic heterocycles. The Labute approximate surface area is 191 Å². The first-order valence-corrected chi connectivity index (χ1v) is 10.8. The maximum absolute atomic E-state index is 13.3. The number of nitrogens with zero attached hydrogens (tertiary/aromatic N) is 2. The quantitative estimate of drug-likeness (QED) is 0.599. The van der Waals surface area contributed by atoms with Crippen LogP contribution in [0.15, 0.2) is 48.5 Å².